The molecule has 1 N–H and O–H groups in total. The van der Waals surface area contributed by atoms with Crippen molar-refractivity contribution in [3.05, 3.63) is 129 Å². The number of nitrogens with one attached hydrogen (secondary N) is 1. The second-order valence-electron chi connectivity index (χ2n) is 9.76. The average Bonchev–Trinajstić information content (AvgIpc) is 3.54. The highest BCUT2D eigenvalue weighted by molar-refractivity contribution is 8.00. The Kier molecular flexibility index (Phi) is 9.53. The highest BCUT2D eigenvalue weighted by Gasteiger charge is 2.22. The van der Waals surface area contributed by atoms with Gasteiger partial charge in [-0.25, -0.2) is 4.98 Å². The third-order valence-electron chi connectivity index (χ3n) is 6.64. The maximum atomic E-state index is 13.2. The summed E-state index contributed by atoms with van der Waals surface area (Å²) < 4.78 is 0. The van der Waals surface area contributed by atoms with Crippen molar-refractivity contribution >= 4 is 58.2 Å². The summed E-state index contributed by atoms with van der Waals surface area (Å²) in [5.41, 5.74) is 5.77. The van der Waals surface area contributed by atoms with Gasteiger partial charge in [0.1, 0.15) is 11.1 Å². The molecule has 0 aliphatic rings. The number of nitrogens with zero attached hydrogens (tertiary/aromatic N) is 2. The maximum Gasteiger partial charge on any atom is 0.237 e. The van der Waals surface area contributed by atoms with Crippen molar-refractivity contribution in [2.75, 3.05) is 5.32 Å². The molecule has 1 atom stereocenters. The van der Waals surface area contributed by atoms with E-state index in [2.05, 4.69) is 11.4 Å². The van der Waals surface area contributed by atoms with Crippen LogP contribution in [0.1, 0.15) is 33.3 Å². The Labute approximate surface area is 263 Å². The summed E-state index contributed by atoms with van der Waals surface area (Å²) in [4.78, 5) is 31.6. The van der Waals surface area contributed by atoms with Gasteiger partial charge in [-0.2, -0.15) is 5.26 Å². The molecule has 43 heavy (non-hydrogen) atoms. The molecule has 0 fully saturated rings. The van der Waals surface area contributed by atoms with Crippen LogP contribution in [0.15, 0.2) is 107 Å². The molecule has 2 aromatic heterocycles. The lowest BCUT2D eigenvalue weighted by Crippen LogP contribution is -2.22. The predicted octanol–water partition coefficient (Wildman–Crippen LogP) is 9.33. The van der Waals surface area contributed by atoms with Crippen LogP contribution < -0.4 is 5.32 Å². The van der Waals surface area contributed by atoms with Crippen LogP contribution in [0.5, 0.6) is 0 Å². The van der Waals surface area contributed by atoms with Gasteiger partial charge in [-0.15, -0.1) is 11.3 Å². The lowest BCUT2D eigenvalue weighted by atomic mass is 9.99. The molecule has 0 aliphatic heterocycles. The molecule has 8 heteroatoms. The summed E-state index contributed by atoms with van der Waals surface area (Å²) in [5, 5.41) is 15.6. The van der Waals surface area contributed by atoms with Crippen molar-refractivity contribution in [1.82, 2.24) is 4.98 Å². The first-order valence-electron chi connectivity index (χ1n) is 13.4. The Morgan fingerprint density at radius 2 is 1.70 bits per heavy atom. The quantitative estimate of drug-likeness (QED) is 0.101. The van der Waals surface area contributed by atoms with E-state index in [1.807, 2.05) is 66.9 Å². The first kappa shape index (κ1) is 30.0. The Hall–Kier alpha value is -4.48. The highest BCUT2D eigenvalue weighted by Crippen LogP contribution is 2.36. The number of carbonyl (C=O) groups is 2. The van der Waals surface area contributed by atoms with E-state index >= 15 is 0 Å². The fourth-order valence-electron chi connectivity index (χ4n) is 4.27. The predicted molar refractivity (Wildman–Crippen MR) is 178 cm³/mol. The minimum atomic E-state index is -0.569. The van der Waals surface area contributed by atoms with E-state index in [-0.39, 0.29) is 11.7 Å². The number of allylic oxidation sites excluding steroid dienone is 1. The number of thiophene rings is 1. The SMILES string of the molecule is Cc1ccc(-c2cc(-c3ccc(Cl)cc3)c(C#N)c(S[C@@H](C)C(=O)Nc3ccc(C(=O)/C=C/c4cccs4)cc3)n2)cc1. The molecule has 0 bridgehead atoms. The van der Waals surface area contributed by atoms with Gasteiger partial charge >= 0.3 is 0 Å². The summed E-state index contributed by atoms with van der Waals surface area (Å²) in [5.74, 6) is -0.364. The number of aryl methyl sites for hydroxylation is 1. The molecular weight excluding hydrogens is 594 g/mol. The number of hydrogen-bond donors (Lipinski definition) is 1. The van der Waals surface area contributed by atoms with E-state index in [4.69, 9.17) is 16.6 Å². The van der Waals surface area contributed by atoms with Crippen LogP contribution in [-0.2, 0) is 4.79 Å². The zero-order valence-electron chi connectivity index (χ0n) is 23.4. The van der Waals surface area contributed by atoms with Gasteiger partial charge in [0.15, 0.2) is 5.78 Å². The second-order valence-corrected chi connectivity index (χ2v) is 12.5. The van der Waals surface area contributed by atoms with Gasteiger partial charge in [-0.3, -0.25) is 9.59 Å². The zero-order chi connectivity index (χ0) is 30.3. The number of benzene rings is 3. The van der Waals surface area contributed by atoms with Crippen molar-refractivity contribution in [2.24, 2.45) is 0 Å². The minimum Gasteiger partial charge on any atom is -0.325 e. The number of aromatic nitrogens is 1. The minimum absolute atomic E-state index is 0.116. The van der Waals surface area contributed by atoms with Gasteiger partial charge in [0, 0.05) is 32.3 Å². The maximum absolute atomic E-state index is 13.2. The van der Waals surface area contributed by atoms with E-state index in [9.17, 15) is 14.9 Å². The average molecular weight is 620 g/mol. The van der Waals surface area contributed by atoms with Gasteiger partial charge in [0.05, 0.1) is 16.5 Å². The smallest absolute Gasteiger partial charge is 0.237 e. The Morgan fingerprint density at radius 3 is 2.35 bits per heavy atom. The number of amides is 1. The van der Waals surface area contributed by atoms with E-state index in [1.165, 1.54) is 11.8 Å². The van der Waals surface area contributed by atoms with Crippen LogP contribution in [0.3, 0.4) is 0 Å². The Balaban J connectivity index is 1.37. The molecule has 0 saturated heterocycles. The Morgan fingerprint density at radius 1 is 1.00 bits per heavy atom. The van der Waals surface area contributed by atoms with Gasteiger partial charge < -0.3 is 5.32 Å². The lowest BCUT2D eigenvalue weighted by Gasteiger charge is -2.16. The fourth-order valence-corrected chi connectivity index (χ4v) is 5.94. The van der Waals surface area contributed by atoms with Crippen LogP contribution in [0.4, 0.5) is 5.69 Å². The summed E-state index contributed by atoms with van der Waals surface area (Å²) in [6.07, 6.45) is 3.33. The van der Waals surface area contributed by atoms with Gasteiger partial charge in [0.2, 0.25) is 5.91 Å². The molecule has 5 nitrogen and oxygen atoms in total. The van der Waals surface area contributed by atoms with E-state index in [1.54, 1.807) is 66.8 Å². The van der Waals surface area contributed by atoms with Crippen molar-refractivity contribution in [2.45, 2.75) is 24.1 Å². The van der Waals surface area contributed by atoms with E-state index < -0.39 is 5.25 Å². The largest absolute Gasteiger partial charge is 0.325 e. The van der Waals surface area contributed by atoms with Crippen molar-refractivity contribution in [3.8, 4) is 28.5 Å². The number of pyridine rings is 1. The molecule has 5 aromatic rings. The molecule has 3 aromatic carbocycles. The topological polar surface area (TPSA) is 82.9 Å². The Bertz CT molecular complexity index is 1830. The molecule has 0 radical (unpaired) electrons. The second kappa shape index (κ2) is 13.7. The van der Waals surface area contributed by atoms with Crippen LogP contribution in [0.2, 0.25) is 5.02 Å². The van der Waals surface area contributed by atoms with Crippen molar-refractivity contribution in [3.63, 3.8) is 0 Å². The summed E-state index contributed by atoms with van der Waals surface area (Å²) in [7, 11) is 0. The molecule has 0 unspecified atom stereocenters. The van der Waals surface area contributed by atoms with E-state index in [0.717, 1.165) is 21.6 Å². The summed E-state index contributed by atoms with van der Waals surface area (Å²) in [6.45, 7) is 3.79. The number of thioether (sulfide) groups is 1. The number of carbonyl (C=O) groups excluding carboxylic acids is 2. The lowest BCUT2D eigenvalue weighted by molar-refractivity contribution is -0.115. The third kappa shape index (κ3) is 7.49. The van der Waals surface area contributed by atoms with Crippen molar-refractivity contribution in [1.29, 1.82) is 5.26 Å². The van der Waals surface area contributed by atoms with Gasteiger partial charge in [0.25, 0.3) is 0 Å². The molecule has 1 amide bonds. The molecule has 212 valence electrons. The molecule has 0 aliphatic carbocycles. The number of halogens is 1. The first-order valence-corrected chi connectivity index (χ1v) is 15.6. The van der Waals surface area contributed by atoms with Crippen LogP contribution in [-0.4, -0.2) is 21.9 Å². The van der Waals surface area contributed by atoms with Crippen LogP contribution in [0.25, 0.3) is 28.5 Å². The number of rotatable bonds is 9. The van der Waals surface area contributed by atoms with Gasteiger partial charge in [-0.1, -0.05) is 71.4 Å². The van der Waals surface area contributed by atoms with Crippen molar-refractivity contribution < 1.29 is 9.59 Å². The third-order valence-corrected chi connectivity index (χ3v) is 8.81. The number of nitriles is 1. The summed E-state index contributed by atoms with van der Waals surface area (Å²) in [6, 6.07) is 30.2. The monoisotopic (exact) mass is 619 g/mol. The standard InChI is InChI=1S/C35H26ClN3O2S2/c1-22-5-7-25(8-6-22)32-20-30(24-9-13-27(36)14-10-24)31(21-37)35(39-32)43-23(2)34(41)38-28-15-11-26(12-16-28)33(40)18-17-29-4-3-19-42-29/h3-20,23H,1-2H3,(H,38,41)/b18-17+/t23-/m0/s1. The highest BCUT2D eigenvalue weighted by atomic mass is 35.5. The fraction of sp³-hybridized carbons (Fsp3) is 0.0857. The van der Waals surface area contributed by atoms with Gasteiger partial charge in [-0.05, 0) is 85.5 Å². The van der Waals surface area contributed by atoms with Crippen LogP contribution in [0, 0.1) is 18.3 Å². The normalized spacial score (nSPS) is 11.7. The zero-order valence-corrected chi connectivity index (χ0v) is 25.8. The molecule has 5 rings (SSSR count). The molecule has 0 spiro atoms. The number of ketones is 1. The number of anilines is 1. The molecule has 0 saturated carbocycles. The molecule has 2 heterocycles. The number of hydrogen-bond acceptors (Lipinski definition) is 6. The summed E-state index contributed by atoms with van der Waals surface area (Å²) >= 11 is 8.91. The van der Waals surface area contributed by atoms with Crippen LogP contribution >= 0.6 is 34.7 Å². The molecular formula is C35H26ClN3O2S2. The van der Waals surface area contributed by atoms with E-state index in [0.29, 0.717) is 38.1 Å². The first-order chi connectivity index (χ1) is 20.8.